The zero-order valence-corrected chi connectivity index (χ0v) is 10.5. The van der Waals surface area contributed by atoms with Crippen molar-refractivity contribution in [1.29, 1.82) is 0 Å². The van der Waals surface area contributed by atoms with Crippen molar-refractivity contribution >= 4 is 15.6 Å². The van der Waals surface area contributed by atoms with Gasteiger partial charge in [0.1, 0.15) is 18.4 Å². The molecule has 0 amide bonds. The Balaban J connectivity index is 0.00000256. The van der Waals surface area contributed by atoms with Crippen LogP contribution in [-0.2, 0) is 9.30 Å². The van der Waals surface area contributed by atoms with E-state index < -0.39 is 31.4 Å². The Labute approximate surface area is 105 Å². The number of hydrogen-bond donors (Lipinski definition) is 2. The van der Waals surface area contributed by atoms with Gasteiger partial charge in [0.05, 0.1) is 13.4 Å². The highest BCUT2D eigenvalue weighted by atomic mass is 31.1. The molecule has 1 saturated carbocycles. The van der Waals surface area contributed by atoms with Gasteiger partial charge in [0.2, 0.25) is 6.35 Å². The molecule has 1 fully saturated rings. The standard InChI is InChI=1S/C10H17BO4P.CH4/c1-4-16(14)5-15-7-6(2)8(11)10(3,13)9(7)12;/h7-9,12-13H,2,4-5H2,1,3H3;1H4/q+1;. The number of aliphatic hydroxyl groups excluding tert-OH is 1. The van der Waals surface area contributed by atoms with Crippen LogP contribution < -0.4 is 0 Å². The van der Waals surface area contributed by atoms with Gasteiger partial charge in [-0.2, -0.15) is 0 Å². The van der Waals surface area contributed by atoms with Crippen molar-refractivity contribution in [1.82, 2.24) is 0 Å². The average molecular weight is 259 g/mol. The van der Waals surface area contributed by atoms with Crippen LogP contribution in [0.5, 0.6) is 0 Å². The Kier molecular flexibility index (Phi) is 6.02. The number of aliphatic hydroxyl groups is 2. The van der Waals surface area contributed by atoms with Crippen LogP contribution in [-0.4, -0.2) is 48.4 Å². The zero-order valence-electron chi connectivity index (χ0n) is 9.59. The van der Waals surface area contributed by atoms with E-state index >= 15 is 0 Å². The molecule has 0 heterocycles. The van der Waals surface area contributed by atoms with E-state index in [2.05, 4.69) is 6.58 Å². The normalized spacial score (nSPS) is 37.8. The summed E-state index contributed by atoms with van der Waals surface area (Å²) in [6.07, 6.45) is -1.30. The van der Waals surface area contributed by atoms with Gasteiger partial charge in [0.15, 0.2) is 0 Å². The molecule has 0 aliphatic heterocycles. The summed E-state index contributed by atoms with van der Waals surface area (Å²) in [5, 5.41) is 19.7. The molecule has 1 rings (SSSR count). The van der Waals surface area contributed by atoms with Crippen molar-refractivity contribution in [2.24, 2.45) is 0 Å². The van der Waals surface area contributed by atoms with Gasteiger partial charge in [0.25, 0.3) is 0 Å². The van der Waals surface area contributed by atoms with Gasteiger partial charge in [-0.1, -0.05) is 18.6 Å². The summed E-state index contributed by atoms with van der Waals surface area (Å²) in [6.45, 7) is 6.94. The Morgan fingerprint density at radius 3 is 2.53 bits per heavy atom. The summed E-state index contributed by atoms with van der Waals surface area (Å²) >= 11 is 0. The zero-order chi connectivity index (χ0) is 12.5. The fraction of sp³-hybridized carbons (Fsp3) is 0.818. The molecule has 0 aromatic rings. The monoisotopic (exact) mass is 259 g/mol. The topological polar surface area (TPSA) is 66.8 Å². The van der Waals surface area contributed by atoms with E-state index in [9.17, 15) is 14.8 Å². The number of rotatable bonds is 4. The van der Waals surface area contributed by atoms with Crippen LogP contribution in [0, 0.1) is 0 Å². The Morgan fingerprint density at radius 2 is 2.18 bits per heavy atom. The van der Waals surface area contributed by atoms with Crippen molar-refractivity contribution in [2.75, 3.05) is 12.5 Å². The highest BCUT2D eigenvalue weighted by Crippen LogP contribution is 2.43. The molecule has 0 spiro atoms. The lowest BCUT2D eigenvalue weighted by Gasteiger charge is -2.26. The van der Waals surface area contributed by atoms with E-state index in [0.717, 1.165) is 0 Å². The van der Waals surface area contributed by atoms with Crippen molar-refractivity contribution < 1.29 is 19.5 Å². The van der Waals surface area contributed by atoms with E-state index in [0.29, 0.717) is 11.7 Å². The van der Waals surface area contributed by atoms with Gasteiger partial charge in [-0.3, -0.25) is 0 Å². The summed E-state index contributed by atoms with van der Waals surface area (Å²) in [6, 6.07) is 0. The van der Waals surface area contributed by atoms with Crippen LogP contribution in [0.25, 0.3) is 0 Å². The summed E-state index contributed by atoms with van der Waals surface area (Å²) in [7, 11) is 4.29. The lowest BCUT2D eigenvalue weighted by atomic mass is 9.74. The maximum absolute atomic E-state index is 11.2. The molecule has 96 valence electrons. The first-order valence-electron chi connectivity index (χ1n) is 5.20. The average Bonchev–Trinajstić information content (AvgIpc) is 2.39. The van der Waals surface area contributed by atoms with Crippen LogP contribution in [0.4, 0.5) is 0 Å². The fourth-order valence-electron chi connectivity index (χ4n) is 1.70. The smallest absolute Gasteiger partial charge is 0.366 e. The summed E-state index contributed by atoms with van der Waals surface area (Å²) in [5.41, 5.74) is -1.00. The second kappa shape index (κ2) is 6.10. The minimum atomic E-state index is -1.44. The molecule has 5 unspecified atom stereocenters. The van der Waals surface area contributed by atoms with E-state index in [-0.39, 0.29) is 13.8 Å². The molecule has 2 N–H and O–H groups in total. The SMILES string of the molecule is C.[B]C1C(=C)C(OC[P+](=O)CC)C(O)C1(C)O. The third-order valence-electron chi connectivity index (χ3n) is 3.03. The molecule has 0 aromatic heterocycles. The largest absolute Gasteiger partial charge is 0.388 e. The molecule has 1 aliphatic rings. The molecule has 5 atom stereocenters. The second-order valence-corrected chi connectivity index (χ2v) is 6.09. The van der Waals surface area contributed by atoms with Gasteiger partial charge in [-0.05, 0) is 25.2 Å². The predicted octanol–water partition coefficient (Wildman–Crippen LogP) is 1.45. The van der Waals surface area contributed by atoms with Crippen LogP contribution >= 0.6 is 7.80 Å². The van der Waals surface area contributed by atoms with E-state index in [1.54, 1.807) is 6.92 Å². The van der Waals surface area contributed by atoms with Gasteiger partial charge in [-0.25, -0.2) is 0 Å². The molecule has 4 nitrogen and oxygen atoms in total. The van der Waals surface area contributed by atoms with Crippen LogP contribution in [0.3, 0.4) is 0 Å². The maximum atomic E-state index is 11.2. The van der Waals surface area contributed by atoms with Crippen molar-refractivity contribution in [3.63, 3.8) is 0 Å². The molecule has 6 heteroatoms. The highest BCUT2D eigenvalue weighted by Gasteiger charge is 2.51. The van der Waals surface area contributed by atoms with E-state index in [1.807, 2.05) is 0 Å². The van der Waals surface area contributed by atoms with Gasteiger partial charge in [0, 0.05) is 0 Å². The quantitative estimate of drug-likeness (QED) is 0.455. The fourth-order valence-corrected chi connectivity index (χ4v) is 2.21. The number of hydrogen-bond acceptors (Lipinski definition) is 4. The molecule has 1 aliphatic carbocycles. The van der Waals surface area contributed by atoms with Gasteiger partial charge >= 0.3 is 7.80 Å². The molecule has 0 aromatic carbocycles. The van der Waals surface area contributed by atoms with Crippen molar-refractivity contribution in [3.05, 3.63) is 12.2 Å². The first kappa shape index (κ1) is 16.8. The third kappa shape index (κ3) is 3.17. The Hall–Kier alpha value is -0.215. The molecule has 17 heavy (non-hydrogen) atoms. The molecule has 0 bridgehead atoms. The second-order valence-electron chi connectivity index (χ2n) is 4.24. The Bertz CT molecular complexity index is 306. The number of ether oxygens (including phenoxy) is 1. The molecule has 0 saturated heterocycles. The minimum Gasteiger partial charge on any atom is -0.388 e. The Morgan fingerprint density at radius 1 is 1.65 bits per heavy atom. The summed E-state index contributed by atoms with van der Waals surface area (Å²) in [5.74, 6) is -0.730. The van der Waals surface area contributed by atoms with Gasteiger partial charge in [-0.15, -0.1) is 0 Å². The van der Waals surface area contributed by atoms with Crippen LogP contribution in [0.1, 0.15) is 21.3 Å². The molecular weight excluding hydrogens is 238 g/mol. The van der Waals surface area contributed by atoms with E-state index in [1.165, 1.54) is 6.92 Å². The van der Waals surface area contributed by atoms with E-state index in [4.69, 9.17) is 12.6 Å². The lowest BCUT2D eigenvalue weighted by molar-refractivity contribution is -0.0853. The van der Waals surface area contributed by atoms with Crippen LogP contribution in [0.2, 0.25) is 5.82 Å². The minimum absolute atomic E-state index is 0. The first-order valence-corrected chi connectivity index (χ1v) is 6.83. The summed E-state index contributed by atoms with van der Waals surface area (Å²) < 4.78 is 16.6. The predicted molar refractivity (Wildman–Crippen MR) is 69.9 cm³/mol. The molecular formula is C11H21BO4P+. The maximum Gasteiger partial charge on any atom is 0.366 e. The van der Waals surface area contributed by atoms with Crippen molar-refractivity contribution in [2.45, 2.75) is 44.9 Å². The third-order valence-corrected chi connectivity index (χ3v) is 4.17. The van der Waals surface area contributed by atoms with Crippen LogP contribution in [0.15, 0.2) is 12.2 Å². The van der Waals surface area contributed by atoms with Gasteiger partial charge < -0.3 is 14.9 Å². The lowest BCUT2D eigenvalue weighted by Crippen LogP contribution is -2.42. The van der Waals surface area contributed by atoms with Crippen molar-refractivity contribution in [3.8, 4) is 0 Å². The highest BCUT2D eigenvalue weighted by molar-refractivity contribution is 7.44. The first-order chi connectivity index (χ1) is 7.32. The summed E-state index contributed by atoms with van der Waals surface area (Å²) in [4.78, 5) is 0. The molecule has 2 radical (unpaired) electrons.